The lowest BCUT2D eigenvalue weighted by molar-refractivity contribution is -0.384. The van der Waals surface area contributed by atoms with E-state index in [-0.39, 0.29) is 35.5 Å². The van der Waals surface area contributed by atoms with Gasteiger partial charge in [0.25, 0.3) is 5.69 Å². The number of benzene rings is 2. The first-order chi connectivity index (χ1) is 13.6. The SMILES string of the molecule is COCCCNC(=NCc1ccc([N+](=O)[O-])cc1)NCCc1ccccc1F.I. The first kappa shape index (κ1) is 24.8. The monoisotopic (exact) mass is 516 g/mol. The third-order valence-electron chi connectivity index (χ3n) is 4.03. The number of nitro benzene ring substituents is 1. The van der Waals surface area contributed by atoms with Crippen LogP contribution in [-0.4, -0.2) is 37.7 Å². The summed E-state index contributed by atoms with van der Waals surface area (Å²) < 4.78 is 18.8. The van der Waals surface area contributed by atoms with Crippen molar-refractivity contribution in [2.45, 2.75) is 19.4 Å². The molecule has 9 heteroatoms. The Labute approximate surface area is 186 Å². The number of hydrogen-bond donors (Lipinski definition) is 2. The van der Waals surface area contributed by atoms with Crippen LogP contribution in [0.5, 0.6) is 0 Å². The number of hydrogen-bond acceptors (Lipinski definition) is 4. The highest BCUT2D eigenvalue weighted by Gasteiger charge is 2.05. The number of halogens is 2. The van der Waals surface area contributed by atoms with Crippen LogP contribution in [0.3, 0.4) is 0 Å². The molecular formula is C20H26FIN4O3. The smallest absolute Gasteiger partial charge is 0.269 e. The van der Waals surface area contributed by atoms with Crippen molar-refractivity contribution in [2.24, 2.45) is 4.99 Å². The lowest BCUT2D eigenvalue weighted by atomic mass is 10.1. The molecule has 0 aliphatic heterocycles. The fourth-order valence-corrected chi connectivity index (χ4v) is 2.51. The van der Waals surface area contributed by atoms with Crippen LogP contribution >= 0.6 is 24.0 Å². The van der Waals surface area contributed by atoms with Crippen molar-refractivity contribution in [3.8, 4) is 0 Å². The maximum atomic E-state index is 13.7. The van der Waals surface area contributed by atoms with Gasteiger partial charge in [-0.25, -0.2) is 9.38 Å². The van der Waals surface area contributed by atoms with E-state index in [1.165, 1.54) is 18.2 Å². The molecule has 0 spiro atoms. The van der Waals surface area contributed by atoms with E-state index in [0.717, 1.165) is 12.0 Å². The molecule has 0 saturated carbocycles. The summed E-state index contributed by atoms with van der Waals surface area (Å²) >= 11 is 0. The van der Waals surface area contributed by atoms with E-state index in [1.54, 1.807) is 31.4 Å². The number of rotatable bonds is 10. The first-order valence-corrected chi connectivity index (χ1v) is 9.08. The van der Waals surface area contributed by atoms with Crippen LogP contribution in [0, 0.1) is 15.9 Å². The molecule has 0 amide bonds. The zero-order valence-corrected chi connectivity index (χ0v) is 18.6. The van der Waals surface area contributed by atoms with Gasteiger partial charge in [-0.05, 0) is 30.0 Å². The summed E-state index contributed by atoms with van der Waals surface area (Å²) in [6.07, 6.45) is 1.35. The molecule has 0 aliphatic rings. The molecule has 0 aromatic heterocycles. The van der Waals surface area contributed by atoms with E-state index < -0.39 is 4.92 Å². The van der Waals surface area contributed by atoms with Crippen LogP contribution in [0.4, 0.5) is 10.1 Å². The topological polar surface area (TPSA) is 88.8 Å². The predicted molar refractivity (Wildman–Crippen MR) is 122 cm³/mol. The second kappa shape index (κ2) is 13.8. The van der Waals surface area contributed by atoms with E-state index in [0.29, 0.717) is 44.2 Å². The van der Waals surface area contributed by atoms with Crippen LogP contribution < -0.4 is 10.6 Å². The van der Waals surface area contributed by atoms with Gasteiger partial charge in [-0.1, -0.05) is 30.3 Å². The van der Waals surface area contributed by atoms with Crippen molar-refractivity contribution in [3.63, 3.8) is 0 Å². The molecule has 2 aromatic carbocycles. The molecule has 0 radical (unpaired) electrons. The van der Waals surface area contributed by atoms with Crippen LogP contribution in [0.15, 0.2) is 53.5 Å². The van der Waals surface area contributed by atoms with E-state index >= 15 is 0 Å². The Balaban J connectivity index is 0.00000420. The zero-order chi connectivity index (χ0) is 20.2. The summed E-state index contributed by atoms with van der Waals surface area (Å²) in [6.45, 7) is 2.21. The quantitative estimate of drug-likeness (QED) is 0.126. The molecule has 2 rings (SSSR count). The normalized spacial score (nSPS) is 10.9. The summed E-state index contributed by atoms with van der Waals surface area (Å²) in [4.78, 5) is 14.8. The molecule has 0 saturated heterocycles. The number of nitrogens with one attached hydrogen (secondary N) is 2. The molecule has 0 heterocycles. The molecule has 0 fully saturated rings. The largest absolute Gasteiger partial charge is 0.385 e. The second-order valence-corrected chi connectivity index (χ2v) is 6.13. The van der Waals surface area contributed by atoms with Gasteiger partial charge in [0.15, 0.2) is 5.96 Å². The first-order valence-electron chi connectivity index (χ1n) is 9.08. The molecule has 7 nitrogen and oxygen atoms in total. The Kier molecular flexibility index (Phi) is 11.8. The number of methoxy groups -OCH3 is 1. The minimum atomic E-state index is -0.430. The van der Waals surface area contributed by atoms with Crippen molar-refractivity contribution in [2.75, 3.05) is 26.8 Å². The highest BCUT2D eigenvalue weighted by molar-refractivity contribution is 14.0. The number of non-ortho nitro benzene ring substituents is 1. The van der Waals surface area contributed by atoms with Gasteiger partial charge in [-0.3, -0.25) is 10.1 Å². The summed E-state index contributed by atoms with van der Waals surface area (Å²) in [5.41, 5.74) is 1.55. The van der Waals surface area contributed by atoms with Gasteiger partial charge in [0.1, 0.15) is 5.82 Å². The molecule has 2 aromatic rings. The van der Waals surface area contributed by atoms with E-state index in [9.17, 15) is 14.5 Å². The Morgan fingerprint density at radius 3 is 2.48 bits per heavy atom. The molecule has 0 bridgehead atoms. The fraction of sp³-hybridized carbons (Fsp3) is 0.350. The van der Waals surface area contributed by atoms with Crippen molar-refractivity contribution < 1.29 is 14.1 Å². The molecule has 158 valence electrons. The van der Waals surface area contributed by atoms with Crippen molar-refractivity contribution >= 4 is 35.6 Å². The van der Waals surface area contributed by atoms with Gasteiger partial charge in [0, 0.05) is 38.9 Å². The Bertz CT molecular complexity index is 788. The minimum absolute atomic E-state index is 0. The average Bonchev–Trinajstić information content (AvgIpc) is 2.70. The second-order valence-electron chi connectivity index (χ2n) is 6.13. The minimum Gasteiger partial charge on any atom is -0.385 e. The summed E-state index contributed by atoms with van der Waals surface area (Å²) in [7, 11) is 1.65. The highest BCUT2D eigenvalue weighted by Crippen LogP contribution is 2.12. The van der Waals surface area contributed by atoms with Gasteiger partial charge in [-0.2, -0.15) is 0 Å². The van der Waals surface area contributed by atoms with Crippen molar-refractivity contribution in [1.29, 1.82) is 0 Å². The average molecular weight is 516 g/mol. The maximum absolute atomic E-state index is 13.7. The van der Waals surface area contributed by atoms with Gasteiger partial charge < -0.3 is 15.4 Å². The summed E-state index contributed by atoms with van der Waals surface area (Å²) in [5.74, 6) is 0.382. The molecule has 0 unspecified atom stereocenters. The van der Waals surface area contributed by atoms with E-state index in [2.05, 4.69) is 15.6 Å². The fourth-order valence-electron chi connectivity index (χ4n) is 2.51. The predicted octanol–water partition coefficient (Wildman–Crippen LogP) is 3.67. The Morgan fingerprint density at radius 1 is 1.14 bits per heavy atom. The summed E-state index contributed by atoms with van der Waals surface area (Å²) in [6, 6.07) is 13.0. The van der Waals surface area contributed by atoms with Gasteiger partial charge >= 0.3 is 0 Å². The van der Waals surface area contributed by atoms with Gasteiger partial charge in [0.2, 0.25) is 0 Å². The van der Waals surface area contributed by atoms with E-state index in [4.69, 9.17) is 4.74 Å². The molecule has 0 aliphatic carbocycles. The number of ether oxygens (including phenoxy) is 1. The lowest BCUT2D eigenvalue weighted by Crippen LogP contribution is -2.39. The highest BCUT2D eigenvalue weighted by atomic mass is 127. The standard InChI is InChI=1S/C20H25FN4O3.HI/c1-28-14-4-12-22-20(23-13-11-17-5-2-3-6-19(17)21)24-15-16-7-9-18(10-8-16)25(26)27;/h2-3,5-10H,4,11-15H2,1H3,(H2,22,23,24);1H. The van der Waals surface area contributed by atoms with Gasteiger partial charge in [0.05, 0.1) is 11.5 Å². The summed E-state index contributed by atoms with van der Waals surface area (Å²) in [5, 5.41) is 17.1. The van der Waals surface area contributed by atoms with Crippen LogP contribution in [0.1, 0.15) is 17.5 Å². The number of guanidine groups is 1. The molecule has 0 atom stereocenters. The molecule has 29 heavy (non-hydrogen) atoms. The van der Waals surface area contributed by atoms with Gasteiger partial charge in [-0.15, -0.1) is 24.0 Å². The molecule has 2 N–H and O–H groups in total. The lowest BCUT2D eigenvalue weighted by Gasteiger charge is -2.13. The van der Waals surface area contributed by atoms with Crippen LogP contribution in [0.25, 0.3) is 0 Å². The number of aliphatic imine (C=N–C) groups is 1. The Morgan fingerprint density at radius 2 is 1.83 bits per heavy atom. The maximum Gasteiger partial charge on any atom is 0.269 e. The van der Waals surface area contributed by atoms with Crippen LogP contribution in [-0.2, 0) is 17.7 Å². The zero-order valence-electron chi connectivity index (χ0n) is 16.3. The Hall–Kier alpha value is -2.27. The third-order valence-corrected chi connectivity index (χ3v) is 4.03. The van der Waals surface area contributed by atoms with Crippen molar-refractivity contribution in [1.82, 2.24) is 10.6 Å². The van der Waals surface area contributed by atoms with Crippen LogP contribution in [0.2, 0.25) is 0 Å². The number of nitro groups is 1. The number of nitrogens with zero attached hydrogens (tertiary/aromatic N) is 2. The van der Waals surface area contributed by atoms with E-state index in [1.807, 2.05) is 6.07 Å². The molecular weight excluding hydrogens is 490 g/mol. The third kappa shape index (κ3) is 9.18. The van der Waals surface area contributed by atoms with Crippen molar-refractivity contribution in [3.05, 3.63) is 75.6 Å².